The molecule has 3 N–H and O–H groups in total. The molecule has 2 aromatic rings. The third kappa shape index (κ3) is 3.65. The van der Waals surface area contributed by atoms with Crippen LogP contribution in [-0.4, -0.2) is 26.8 Å². The van der Waals surface area contributed by atoms with E-state index >= 15 is 0 Å². The molecule has 1 aromatic heterocycles. The lowest BCUT2D eigenvalue weighted by atomic mass is 10.0. The van der Waals surface area contributed by atoms with Crippen LogP contribution in [0.3, 0.4) is 0 Å². The van der Waals surface area contributed by atoms with Gasteiger partial charge in [0.15, 0.2) is 5.78 Å². The number of Topliss-reactive ketones (excluding diaryl/α,β-unsaturated/α-hetero) is 1. The highest BCUT2D eigenvalue weighted by Crippen LogP contribution is 2.13. The molecule has 0 saturated carbocycles. The van der Waals surface area contributed by atoms with E-state index in [9.17, 15) is 19.2 Å². The SMILES string of the molecule is O=C(O)CCCCC(=O)c1ccc2[nH]c(=O)c(=O)[nH]c2c1. The van der Waals surface area contributed by atoms with Crippen molar-refractivity contribution in [3.05, 3.63) is 44.5 Å². The molecule has 7 heteroatoms. The Morgan fingerprint density at radius 2 is 1.57 bits per heavy atom. The van der Waals surface area contributed by atoms with Gasteiger partial charge in [-0.3, -0.25) is 19.2 Å². The van der Waals surface area contributed by atoms with E-state index in [4.69, 9.17) is 5.11 Å². The minimum atomic E-state index is -0.880. The topological polar surface area (TPSA) is 120 Å². The van der Waals surface area contributed by atoms with Crippen molar-refractivity contribution in [3.8, 4) is 0 Å². The highest BCUT2D eigenvalue weighted by Gasteiger charge is 2.08. The fraction of sp³-hybridized carbons (Fsp3) is 0.286. The predicted octanol–water partition coefficient (Wildman–Crippen LogP) is 1.04. The molecule has 110 valence electrons. The van der Waals surface area contributed by atoms with E-state index in [1.807, 2.05) is 0 Å². The Balaban J connectivity index is 2.13. The number of aromatic nitrogens is 2. The Hall–Kier alpha value is -2.70. The second-order valence-corrected chi connectivity index (χ2v) is 4.69. The molecule has 0 aliphatic rings. The molecular formula is C14H14N2O5. The minimum Gasteiger partial charge on any atom is -0.481 e. The molecule has 0 unspecified atom stereocenters. The monoisotopic (exact) mass is 290 g/mol. The zero-order chi connectivity index (χ0) is 15.4. The Bertz CT molecular complexity index is 803. The minimum absolute atomic E-state index is 0.0412. The van der Waals surface area contributed by atoms with E-state index in [0.717, 1.165) is 0 Å². The summed E-state index contributed by atoms with van der Waals surface area (Å²) in [5, 5.41) is 8.51. The fourth-order valence-electron chi connectivity index (χ4n) is 1.99. The van der Waals surface area contributed by atoms with Crippen LogP contribution < -0.4 is 11.1 Å². The van der Waals surface area contributed by atoms with Crippen LogP contribution >= 0.6 is 0 Å². The normalized spacial score (nSPS) is 10.7. The van der Waals surface area contributed by atoms with Crippen LogP contribution in [0.25, 0.3) is 11.0 Å². The molecule has 0 radical (unpaired) electrons. The molecule has 0 aliphatic heterocycles. The number of carbonyl (C=O) groups is 2. The maximum Gasteiger partial charge on any atom is 0.314 e. The zero-order valence-corrected chi connectivity index (χ0v) is 11.1. The lowest BCUT2D eigenvalue weighted by molar-refractivity contribution is -0.137. The van der Waals surface area contributed by atoms with Crippen LogP contribution in [0.2, 0.25) is 0 Å². The van der Waals surface area contributed by atoms with Gasteiger partial charge in [0.2, 0.25) is 0 Å². The summed E-state index contributed by atoms with van der Waals surface area (Å²) >= 11 is 0. The number of benzene rings is 1. The summed E-state index contributed by atoms with van der Waals surface area (Å²) in [7, 11) is 0. The number of carboxylic acid groups (broad SMARTS) is 1. The number of rotatable bonds is 6. The van der Waals surface area contributed by atoms with Gasteiger partial charge in [-0.25, -0.2) is 0 Å². The van der Waals surface area contributed by atoms with Crippen molar-refractivity contribution in [2.45, 2.75) is 25.7 Å². The van der Waals surface area contributed by atoms with Crippen LogP contribution in [0.1, 0.15) is 36.0 Å². The largest absolute Gasteiger partial charge is 0.481 e. The van der Waals surface area contributed by atoms with Crippen molar-refractivity contribution >= 4 is 22.8 Å². The van der Waals surface area contributed by atoms with Crippen molar-refractivity contribution in [2.75, 3.05) is 0 Å². The Morgan fingerprint density at radius 1 is 0.952 bits per heavy atom. The van der Waals surface area contributed by atoms with Crippen molar-refractivity contribution in [3.63, 3.8) is 0 Å². The van der Waals surface area contributed by atoms with Gasteiger partial charge >= 0.3 is 17.1 Å². The Morgan fingerprint density at radius 3 is 2.24 bits per heavy atom. The van der Waals surface area contributed by atoms with E-state index in [2.05, 4.69) is 9.97 Å². The van der Waals surface area contributed by atoms with E-state index in [1.165, 1.54) is 6.07 Å². The summed E-state index contributed by atoms with van der Waals surface area (Å²) in [6.07, 6.45) is 1.22. The Labute approximate surface area is 118 Å². The molecule has 0 fully saturated rings. The third-order valence-electron chi connectivity index (χ3n) is 3.09. The van der Waals surface area contributed by atoms with E-state index in [1.54, 1.807) is 12.1 Å². The van der Waals surface area contributed by atoms with E-state index in [-0.39, 0.29) is 18.6 Å². The number of hydrogen-bond acceptors (Lipinski definition) is 4. The molecule has 0 amide bonds. The lowest BCUT2D eigenvalue weighted by Gasteiger charge is -2.03. The van der Waals surface area contributed by atoms with Crippen molar-refractivity contribution in [1.29, 1.82) is 0 Å². The number of ketones is 1. The molecule has 21 heavy (non-hydrogen) atoms. The van der Waals surface area contributed by atoms with E-state index in [0.29, 0.717) is 29.4 Å². The number of nitrogens with one attached hydrogen (secondary N) is 2. The molecule has 0 bridgehead atoms. The summed E-state index contributed by atoms with van der Waals surface area (Å²) in [6, 6.07) is 4.62. The third-order valence-corrected chi connectivity index (χ3v) is 3.09. The van der Waals surface area contributed by atoms with Gasteiger partial charge in [0.25, 0.3) is 0 Å². The van der Waals surface area contributed by atoms with Crippen molar-refractivity contribution in [2.24, 2.45) is 0 Å². The first-order chi connectivity index (χ1) is 9.97. The average Bonchev–Trinajstić information content (AvgIpc) is 2.44. The molecule has 1 heterocycles. The number of hydrogen-bond donors (Lipinski definition) is 3. The smallest absolute Gasteiger partial charge is 0.314 e. The first-order valence-electron chi connectivity index (χ1n) is 6.49. The number of H-pyrrole nitrogens is 2. The standard InChI is InChI=1S/C14H14N2O5/c17-11(3-1-2-4-12(18)19)8-5-6-9-10(7-8)16-14(21)13(20)15-9/h5-7H,1-4H2,(H,15,20)(H,16,21)(H,18,19). The summed E-state index contributed by atoms with van der Waals surface area (Å²) < 4.78 is 0. The van der Waals surface area contributed by atoms with Gasteiger partial charge in [-0.1, -0.05) is 0 Å². The molecule has 2 rings (SSSR count). The first-order valence-corrected chi connectivity index (χ1v) is 6.49. The molecular weight excluding hydrogens is 276 g/mol. The highest BCUT2D eigenvalue weighted by molar-refractivity contribution is 5.98. The van der Waals surface area contributed by atoms with Crippen molar-refractivity contribution in [1.82, 2.24) is 9.97 Å². The number of aliphatic carboxylic acids is 1. The number of aromatic amines is 2. The number of fused-ring (bicyclic) bond motifs is 1. The molecule has 0 spiro atoms. The van der Waals surface area contributed by atoms with Gasteiger partial charge < -0.3 is 15.1 Å². The van der Waals surface area contributed by atoms with Crippen LogP contribution in [0.15, 0.2) is 27.8 Å². The fourth-order valence-corrected chi connectivity index (χ4v) is 1.99. The molecule has 0 saturated heterocycles. The van der Waals surface area contributed by atoms with Gasteiger partial charge in [0, 0.05) is 18.4 Å². The number of carboxylic acids is 1. The summed E-state index contributed by atoms with van der Waals surface area (Å²) in [5.41, 5.74) is -0.262. The van der Waals surface area contributed by atoms with Crippen molar-refractivity contribution < 1.29 is 14.7 Å². The summed E-state index contributed by atoms with van der Waals surface area (Å²) in [5.74, 6) is -1.01. The Kier molecular flexibility index (Phi) is 4.32. The second-order valence-electron chi connectivity index (χ2n) is 4.69. The van der Waals surface area contributed by atoms with Crippen LogP contribution in [0.4, 0.5) is 0 Å². The summed E-state index contributed by atoms with van der Waals surface area (Å²) in [4.78, 5) is 49.6. The van der Waals surface area contributed by atoms with Crippen LogP contribution in [0.5, 0.6) is 0 Å². The van der Waals surface area contributed by atoms with Gasteiger partial charge in [0.1, 0.15) is 0 Å². The lowest BCUT2D eigenvalue weighted by Crippen LogP contribution is -2.28. The molecule has 1 aromatic carbocycles. The van der Waals surface area contributed by atoms with Gasteiger partial charge in [-0.15, -0.1) is 0 Å². The molecule has 0 aliphatic carbocycles. The van der Waals surface area contributed by atoms with Gasteiger partial charge in [-0.05, 0) is 31.0 Å². The van der Waals surface area contributed by atoms with Crippen LogP contribution in [-0.2, 0) is 4.79 Å². The number of carbonyl (C=O) groups excluding carboxylic acids is 1. The van der Waals surface area contributed by atoms with Gasteiger partial charge in [-0.2, -0.15) is 0 Å². The highest BCUT2D eigenvalue weighted by atomic mass is 16.4. The first kappa shape index (κ1) is 14.7. The molecule has 0 atom stereocenters. The second kappa shape index (κ2) is 6.17. The maximum absolute atomic E-state index is 12.0. The summed E-state index contributed by atoms with van der Waals surface area (Å²) in [6.45, 7) is 0. The molecule has 7 nitrogen and oxygen atoms in total. The quantitative estimate of drug-likeness (QED) is 0.417. The number of unbranched alkanes of at least 4 members (excludes halogenated alkanes) is 1. The van der Waals surface area contributed by atoms with E-state index < -0.39 is 17.1 Å². The predicted molar refractivity (Wildman–Crippen MR) is 75.6 cm³/mol. The average molecular weight is 290 g/mol. The maximum atomic E-state index is 12.0. The zero-order valence-electron chi connectivity index (χ0n) is 11.1. The van der Waals surface area contributed by atoms with Crippen LogP contribution in [0, 0.1) is 0 Å². The van der Waals surface area contributed by atoms with Gasteiger partial charge in [0.05, 0.1) is 11.0 Å².